The Bertz CT molecular complexity index is 1420. The number of carbonyl (C=O) groups is 1. The second kappa shape index (κ2) is 10.3. The van der Waals surface area contributed by atoms with Gasteiger partial charge in [-0.3, -0.25) is 9.36 Å². The minimum absolute atomic E-state index is 0.0421. The number of aromatic nitrogens is 2. The molecule has 5 rings (SSSR count). The van der Waals surface area contributed by atoms with E-state index in [-0.39, 0.29) is 5.91 Å². The molecule has 0 atom stereocenters. The van der Waals surface area contributed by atoms with Crippen molar-refractivity contribution in [3.8, 4) is 11.4 Å². The highest BCUT2D eigenvalue weighted by Crippen LogP contribution is 2.23. The van der Waals surface area contributed by atoms with Gasteiger partial charge in [0, 0.05) is 17.8 Å². The zero-order chi connectivity index (χ0) is 24.0. The maximum absolute atomic E-state index is 12.4. The molecule has 174 valence electrons. The van der Waals surface area contributed by atoms with Gasteiger partial charge < -0.3 is 10.1 Å². The minimum Gasteiger partial charge on any atom is -0.497 e. The molecule has 1 aromatic heterocycles. The fourth-order valence-electron chi connectivity index (χ4n) is 4.25. The molecular weight excluding hydrogens is 434 g/mol. The fourth-order valence-corrected chi connectivity index (χ4v) is 4.25. The second-order valence-corrected chi connectivity index (χ2v) is 8.46. The third kappa shape index (κ3) is 5.25. The Morgan fingerprint density at radius 1 is 0.800 bits per heavy atom. The van der Waals surface area contributed by atoms with E-state index in [4.69, 9.17) is 9.72 Å². The maximum atomic E-state index is 12.4. The maximum Gasteiger partial charge on any atom is 0.228 e. The van der Waals surface area contributed by atoms with Crippen molar-refractivity contribution in [1.82, 2.24) is 9.55 Å². The van der Waals surface area contributed by atoms with Crippen molar-refractivity contribution in [2.24, 2.45) is 0 Å². The molecule has 0 bridgehead atoms. The number of rotatable bonds is 8. The van der Waals surface area contributed by atoms with Crippen molar-refractivity contribution < 1.29 is 9.53 Å². The Morgan fingerprint density at radius 2 is 1.49 bits per heavy atom. The van der Waals surface area contributed by atoms with Crippen LogP contribution >= 0.6 is 0 Å². The number of imidazole rings is 1. The normalized spacial score (nSPS) is 10.9. The molecule has 1 heterocycles. The molecule has 5 nitrogen and oxygen atoms in total. The molecule has 0 aliphatic carbocycles. The van der Waals surface area contributed by atoms with Crippen molar-refractivity contribution >= 4 is 22.6 Å². The number of carbonyl (C=O) groups excluding carboxylic acids is 1. The molecule has 5 heteroatoms. The molecule has 0 saturated heterocycles. The van der Waals surface area contributed by atoms with Gasteiger partial charge in [0.25, 0.3) is 0 Å². The number of benzene rings is 4. The van der Waals surface area contributed by atoms with Gasteiger partial charge in [0.05, 0.1) is 24.6 Å². The molecule has 0 unspecified atom stereocenters. The quantitative estimate of drug-likeness (QED) is 0.308. The van der Waals surface area contributed by atoms with Gasteiger partial charge in [0.1, 0.15) is 11.6 Å². The molecular formula is C30H27N3O2. The number of methoxy groups -OCH3 is 1. The molecule has 5 aromatic rings. The first-order chi connectivity index (χ1) is 17.2. The summed E-state index contributed by atoms with van der Waals surface area (Å²) in [6.45, 7) is 0. The van der Waals surface area contributed by atoms with Crippen molar-refractivity contribution in [1.29, 1.82) is 0 Å². The van der Waals surface area contributed by atoms with Crippen LogP contribution in [-0.2, 0) is 24.1 Å². The van der Waals surface area contributed by atoms with E-state index in [9.17, 15) is 4.79 Å². The Hall–Kier alpha value is -4.38. The van der Waals surface area contributed by atoms with Crippen molar-refractivity contribution in [3.63, 3.8) is 0 Å². The number of aryl methyl sites for hydroxylation is 2. The minimum atomic E-state index is -0.0421. The van der Waals surface area contributed by atoms with Crippen LogP contribution in [0.1, 0.15) is 17.0 Å². The van der Waals surface area contributed by atoms with E-state index >= 15 is 0 Å². The first kappa shape index (κ1) is 22.4. The van der Waals surface area contributed by atoms with E-state index in [0.717, 1.165) is 52.4 Å². The third-order valence-corrected chi connectivity index (χ3v) is 6.04. The van der Waals surface area contributed by atoms with Crippen LogP contribution in [-0.4, -0.2) is 22.6 Å². The van der Waals surface area contributed by atoms with E-state index in [1.165, 1.54) is 5.56 Å². The van der Waals surface area contributed by atoms with Crippen LogP contribution in [0.2, 0.25) is 0 Å². The highest BCUT2D eigenvalue weighted by Gasteiger charge is 2.12. The monoisotopic (exact) mass is 461 g/mol. The van der Waals surface area contributed by atoms with Gasteiger partial charge in [-0.25, -0.2) is 4.98 Å². The summed E-state index contributed by atoms with van der Waals surface area (Å²) < 4.78 is 7.41. The van der Waals surface area contributed by atoms with Crippen LogP contribution < -0.4 is 10.1 Å². The fraction of sp³-hybridized carbons (Fsp3) is 0.133. The SMILES string of the molecule is COc1ccc(CC(=O)Nc2ccc(CCc3nc4ccccc4n3-c3ccccc3)cc2)cc1. The highest BCUT2D eigenvalue weighted by atomic mass is 16.5. The van der Waals surface area contributed by atoms with Crippen molar-refractivity contribution in [2.75, 3.05) is 12.4 Å². The molecule has 0 radical (unpaired) electrons. The Balaban J connectivity index is 1.25. The summed E-state index contributed by atoms with van der Waals surface area (Å²) in [5, 5.41) is 2.98. The number of para-hydroxylation sites is 3. The molecule has 0 saturated carbocycles. The number of hydrogen-bond acceptors (Lipinski definition) is 3. The topological polar surface area (TPSA) is 56.1 Å². The van der Waals surface area contributed by atoms with E-state index in [1.807, 2.05) is 48.5 Å². The molecule has 1 N–H and O–H groups in total. The van der Waals surface area contributed by atoms with E-state index in [2.05, 4.69) is 64.5 Å². The summed E-state index contributed by atoms with van der Waals surface area (Å²) in [6.07, 6.45) is 1.99. The Kier molecular flexibility index (Phi) is 6.57. The predicted octanol–water partition coefficient (Wildman–Crippen LogP) is 6.00. The molecule has 1 amide bonds. The van der Waals surface area contributed by atoms with E-state index in [0.29, 0.717) is 6.42 Å². The van der Waals surface area contributed by atoms with Crippen molar-refractivity contribution in [2.45, 2.75) is 19.3 Å². The summed E-state index contributed by atoms with van der Waals surface area (Å²) >= 11 is 0. The number of fused-ring (bicyclic) bond motifs is 1. The summed E-state index contributed by atoms with van der Waals surface area (Å²) in [4.78, 5) is 17.3. The molecule has 0 fully saturated rings. The van der Waals surface area contributed by atoms with Crippen LogP contribution in [0.15, 0.2) is 103 Å². The number of nitrogens with one attached hydrogen (secondary N) is 1. The number of nitrogens with zero attached hydrogens (tertiary/aromatic N) is 2. The summed E-state index contributed by atoms with van der Waals surface area (Å²) in [5.41, 5.74) is 6.17. The zero-order valence-electron chi connectivity index (χ0n) is 19.6. The summed E-state index contributed by atoms with van der Waals surface area (Å²) in [7, 11) is 1.63. The van der Waals surface area contributed by atoms with Crippen LogP contribution in [0.25, 0.3) is 16.7 Å². The molecule has 35 heavy (non-hydrogen) atoms. The predicted molar refractivity (Wildman–Crippen MR) is 140 cm³/mol. The van der Waals surface area contributed by atoms with Gasteiger partial charge >= 0.3 is 0 Å². The first-order valence-corrected chi connectivity index (χ1v) is 11.7. The lowest BCUT2D eigenvalue weighted by Crippen LogP contribution is -2.14. The summed E-state index contributed by atoms with van der Waals surface area (Å²) in [6, 6.07) is 34.2. The van der Waals surface area contributed by atoms with Crippen LogP contribution in [0.4, 0.5) is 5.69 Å². The van der Waals surface area contributed by atoms with Crippen molar-refractivity contribution in [3.05, 3.63) is 120 Å². The summed E-state index contributed by atoms with van der Waals surface area (Å²) in [5.74, 6) is 1.78. The average molecular weight is 462 g/mol. The van der Waals surface area contributed by atoms with E-state index in [1.54, 1.807) is 7.11 Å². The number of amides is 1. The molecule has 0 aliphatic heterocycles. The number of anilines is 1. The zero-order valence-corrected chi connectivity index (χ0v) is 19.6. The lowest BCUT2D eigenvalue weighted by atomic mass is 10.1. The average Bonchev–Trinajstić information content (AvgIpc) is 3.27. The lowest BCUT2D eigenvalue weighted by molar-refractivity contribution is -0.115. The van der Waals surface area contributed by atoms with Gasteiger partial charge in [0.15, 0.2) is 0 Å². The van der Waals surface area contributed by atoms with Gasteiger partial charge in [-0.2, -0.15) is 0 Å². The van der Waals surface area contributed by atoms with Crippen LogP contribution in [0.5, 0.6) is 5.75 Å². The molecule has 4 aromatic carbocycles. The van der Waals surface area contributed by atoms with E-state index < -0.39 is 0 Å². The van der Waals surface area contributed by atoms with Gasteiger partial charge in [-0.1, -0.05) is 54.6 Å². The lowest BCUT2D eigenvalue weighted by Gasteiger charge is -2.10. The van der Waals surface area contributed by atoms with Crippen LogP contribution in [0, 0.1) is 0 Å². The Labute approximate surface area is 205 Å². The standard InChI is InChI=1S/C30H27N3O2/c1-35-26-18-13-23(14-19-26)21-30(34)31-24-16-11-22(12-17-24)15-20-29-32-27-9-5-6-10-28(27)33(29)25-7-3-2-4-8-25/h2-14,16-19H,15,20-21H2,1H3,(H,31,34). The smallest absolute Gasteiger partial charge is 0.228 e. The first-order valence-electron chi connectivity index (χ1n) is 11.7. The van der Waals surface area contributed by atoms with Gasteiger partial charge in [-0.15, -0.1) is 0 Å². The third-order valence-electron chi connectivity index (χ3n) is 6.04. The van der Waals surface area contributed by atoms with Gasteiger partial charge in [0.2, 0.25) is 5.91 Å². The molecule has 0 aliphatic rings. The Morgan fingerprint density at radius 3 is 2.23 bits per heavy atom. The molecule has 0 spiro atoms. The van der Waals surface area contributed by atoms with Crippen LogP contribution in [0.3, 0.4) is 0 Å². The number of hydrogen-bond donors (Lipinski definition) is 1. The second-order valence-electron chi connectivity index (χ2n) is 8.46. The van der Waals surface area contributed by atoms with Gasteiger partial charge in [-0.05, 0) is 66.1 Å². The number of ether oxygens (including phenoxy) is 1. The highest BCUT2D eigenvalue weighted by molar-refractivity contribution is 5.92. The largest absolute Gasteiger partial charge is 0.497 e.